The molecule has 18 heavy (non-hydrogen) atoms. The van der Waals surface area contributed by atoms with Gasteiger partial charge in [0.2, 0.25) is 0 Å². The number of nitrogens with zero attached hydrogens (tertiary/aromatic N) is 1. The third kappa shape index (κ3) is 4.24. The van der Waals surface area contributed by atoms with Gasteiger partial charge in [-0.2, -0.15) is 0 Å². The summed E-state index contributed by atoms with van der Waals surface area (Å²) in [5.74, 6) is -0.0190. The third-order valence-electron chi connectivity index (χ3n) is 1.95. The summed E-state index contributed by atoms with van der Waals surface area (Å²) < 4.78 is 0.449. The first-order chi connectivity index (χ1) is 8.56. The van der Waals surface area contributed by atoms with E-state index in [9.17, 15) is 4.79 Å². The zero-order valence-corrected chi connectivity index (χ0v) is 13.6. The number of anilines is 1. The van der Waals surface area contributed by atoms with Crippen molar-refractivity contribution in [3.63, 3.8) is 0 Å². The van der Waals surface area contributed by atoms with E-state index >= 15 is 0 Å². The maximum atomic E-state index is 11.9. The van der Waals surface area contributed by atoms with Gasteiger partial charge in [-0.1, -0.05) is 0 Å². The van der Waals surface area contributed by atoms with Crippen LogP contribution in [0.4, 0.5) is 5.69 Å². The quantitative estimate of drug-likeness (QED) is 0.385. The molecule has 94 valence electrons. The number of rotatable bonds is 4. The van der Waals surface area contributed by atoms with E-state index in [1.54, 1.807) is 24.4 Å². The SMILES string of the molecule is CC=CN=C(N)[C](=[W])C(=O)Nc1ccccc1S. The first-order valence-electron chi connectivity index (χ1n) is 5.14. The summed E-state index contributed by atoms with van der Waals surface area (Å²) in [6.45, 7) is 1.83. The van der Waals surface area contributed by atoms with Gasteiger partial charge in [-0.15, -0.1) is 0 Å². The second-order valence-corrected chi connectivity index (χ2v) is 5.25. The topological polar surface area (TPSA) is 67.5 Å². The van der Waals surface area contributed by atoms with Crippen LogP contribution in [0.15, 0.2) is 46.4 Å². The van der Waals surface area contributed by atoms with Crippen molar-refractivity contribution in [2.75, 3.05) is 5.32 Å². The zero-order chi connectivity index (χ0) is 13.5. The van der Waals surface area contributed by atoms with E-state index in [-0.39, 0.29) is 11.7 Å². The normalized spacial score (nSPS) is 11.6. The zero-order valence-electron chi connectivity index (χ0n) is 9.75. The van der Waals surface area contributed by atoms with Gasteiger partial charge in [-0.25, -0.2) is 0 Å². The number of aliphatic imine (C=N–C) groups is 1. The summed E-state index contributed by atoms with van der Waals surface area (Å²) in [5.41, 5.74) is 6.35. The van der Waals surface area contributed by atoms with Gasteiger partial charge in [-0.05, 0) is 0 Å². The fourth-order valence-corrected chi connectivity index (χ4v) is 1.68. The number of amidine groups is 1. The third-order valence-corrected chi connectivity index (χ3v) is 3.76. The van der Waals surface area contributed by atoms with Crippen LogP contribution in [0, 0.1) is 0 Å². The molecule has 0 heterocycles. The van der Waals surface area contributed by atoms with Crippen molar-refractivity contribution >= 4 is 34.0 Å². The predicted octanol–water partition coefficient (Wildman–Crippen LogP) is 1.52. The number of amides is 1. The number of allylic oxidation sites excluding steroid dienone is 1. The van der Waals surface area contributed by atoms with Gasteiger partial charge >= 0.3 is 123 Å². The van der Waals surface area contributed by atoms with Crippen LogP contribution in [0.25, 0.3) is 0 Å². The van der Waals surface area contributed by atoms with Gasteiger partial charge in [0.05, 0.1) is 0 Å². The molecule has 0 aromatic heterocycles. The summed E-state index contributed by atoms with van der Waals surface area (Å²) in [6, 6.07) is 7.26. The van der Waals surface area contributed by atoms with Gasteiger partial charge in [0, 0.05) is 0 Å². The van der Waals surface area contributed by atoms with E-state index in [1.807, 2.05) is 19.1 Å². The van der Waals surface area contributed by atoms with Crippen molar-refractivity contribution in [2.24, 2.45) is 10.7 Å². The van der Waals surface area contributed by atoms with Crippen molar-refractivity contribution in [1.29, 1.82) is 0 Å². The van der Waals surface area contributed by atoms with Crippen molar-refractivity contribution < 1.29 is 24.1 Å². The van der Waals surface area contributed by atoms with Gasteiger partial charge in [-0.3, -0.25) is 0 Å². The Kier molecular flexibility index (Phi) is 6.02. The average molecular weight is 431 g/mol. The van der Waals surface area contributed by atoms with Gasteiger partial charge in [0.25, 0.3) is 0 Å². The summed E-state index contributed by atoms with van der Waals surface area (Å²) in [5, 5.41) is 2.75. The van der Waals surface area contributed by atoms with Crippen molar-refractivity contribution in [2.45, 2.75) is 11.8 Å². The molecule has 0 aliphatic carbocycles. The number of hydrogen-bond donors (Lipinski definition) is 3. The first-order valence-corrected chi connectivity index (χ1v) is 7.05. The van der Waals surface area contributed by atoms with Gasteiger partial charge < -0.3 is 0 Å². The Morgan fingerprint density at radius 1 is 1.50 bits per heavy atom. The van der Waals surface area contributed by atoms with E-state index in [1.165, 1.54) is 0 Å². The van der Waals surface area contributed by atoms with Crippen LogP contribution in [-0.4, -0.2) is 15.6 Å². The number of nitrogens with one attached hydrogen (secondary N) is 1. The minimum absolute atomic E-state index is 0.234. The number of para-hydroxylation sites is 1. The molecule has 0 saturated carbocycles. The van der Waals surface area contributed by atoms with Crippen LogP contribution < -0.4 is 11.1 Å². The molecule has 3 N–H and O–H groups in total. The number of benzene rings is 1. The van der Waals surface area contributed by atoms with Gasteiger partial charge in [0.1, 0.15) is 0 Å². The molecule has 0 atom stereocenters. The molecule has 4 nitrogen and oxygen atoms in total. The number of carbonyl (C=O) groups is 1. The monoisotopic (exact) mass is 431 g/mol. The van der Waals surface area contributed by atoms with Crippen LogP contribution in [0.1, 0.15) is 6.92 Å². The Morgan fingerprint density at radius 2 is 2.17 bits per heavy atom. The fraction of sp³-hybridized carbons (Fsp3) is 0.0833. The number of carbonyl (C=O) groups excluding carboxylic acids is 1. The summed E-state index contributed by atoms with van der Waals surface area (Å²) in [6.07, 6.45) is 3.30. The molecular weight excluding hydrogens is 418 g/mol. The number of thiol groups is 1. The fourth-order valence-electron chi connectivity index (χ4n) is 1.09. The van der Waals surface area contributed by atoms with E-state index in [0.717, 1.165) is 19.4 Å². The molecule has 0 fully saturated rings. The Labute approximate surface area is 122 Å². The second kappa shape index (κ2) is 7.29. The van der Waals surface area contributed by atoms with Crippen molar-refractivity contribution in [3.8, 4) is 0 Å². The van der Waals surface area contributed by atoms with Crippen LogP contribution in [0.5, 0.6) is 0 Å². The molecule has 0 spiro atoms. The van der Waals surface area contributed by atoms with Crippen LogP contribution in [0.2, 0.25) is 0 Å². The summed E-state index contributed by atoms with van der Waals surface area (Å²) in [4.78, 5) is 16.6. The Bertz CT molecular complexity index is 526. The second-order valence-electron chi connectivity index (χ2n) is 3.30. The van der Waals surface area contributed by atoms with Crippen LogP contribution in [-0.2, 0) is 24.1 Å². The van der Waals surface area contributed by atoms with E-state index in [2.05, 4.69) is 22.9 Å². The van der Waals surface area contributed by atoms with Gasteiger partial charge in [0.15, 0.2) is 0 Å². The van der Waals surface area contributed by atoms with Crippen molar-refractivity contribution in [1.82, 2.24) is 0 Å². The van der Waals surface area contributed by atoms with Crippen molar-refractivity contribution in [3.05, 3.63) is 36.5 Å². The Hall–Kier alpha value is -1.19. The predicted molar refractivity (Wildman–Crippen MR) is 73.8 cm³/mol. The maximum absolute atomic E-state index is 11.9. The molecule has 1 aromatic rings. The summed E-state index contributed by atoms with van der Waals surface area (Å²) in [7, 11) is 0. The molecule has 0 bridgehead atoms. The molecular formula is C12H13N3OSW. The minimum atomic E-state index is -0.253. The molecule has 1 amide bonds. The molecule has 1 rings (SSSR count). The van der Waals surface area contributed by atoms with E-state index < -0.39 is 0 Å². The summed E-state index contributed by atoms with van der Waals surface area (Å²) >= 11 is 5.22. The van der Waals surface area contributed by atoms with E-state index in [4.69, 9.17) is 5.73 Å². The Balaban J connectivity index is 2.78. The Morgan fingerprint density at radius 3 is 2.78 bits per heavy atom. The molecule has 6 heteroatoms. The number of hydrogen-bond acceptors (Lipinski definition) is 3. The molecule has 0 aliphatic heterocycles. The average Bonchev–Trinajstić information content (AvgIpc) is 2.37. The molecule has 0 unspecified atom stereocenters. The molecule has 0 saturated heterocycles. The van der Waals surface area contributed by atoms with E-state index in [0.29, 0.717) is 14.5 Å². The standard InChI is InChI=1S/C12H13N3OS.W/c1-2-7-14-11(13)8-12(16)15-9-5-3-4-6-10(9)17;/h2-7,17H,1H3,(H2,13,14)(H,15,16);. The molecule has 1 aromatic carbocycles. The molecule has 0 radical (unpaired) electrons. The first kappa shape index (κ1) is 14.9. The number of nitrogens with two attached hydrogens (primary N) is 1. The van der Waals surface area contributed by atoms with Crippen LogP contribution in [0.3, 0.4) is 0 Å². The van der Waals surface area contributed by atoms with Crippen LogP contribution >= 0.6 is 12.6 Å². The molecule has 0 aliphatic rings.